The number of methoxy groups -OCH3 is 1. The average molecular weight is 346 g/mol. The van der Waals surface area contributed by atoms with E-state index in [9.17, 15) is 4.79 Å². The van der Waals surface area contributed by atoms with Gasteiger partial charge in [0.2, 0.25) is 5.91 Å². The number of benzene rings is 1. The topological polar surface area (TPSA) is 60.2 Å². The van der Waals surface area contributed by atoms with E-state index in [0.717, 1.165) is 31.1 Å². The summed E-state index contributed by atoms with van der Waals surface area (Å²) < 4.78 is 7.04. The molecular weight excluding hydrogens is 324 g/mol. The quantitative estimate of drug-likeness (QED) is 0.567. The monoisotopic (exact) mass is 346 g/mol. The van der Waals surface area contributed by atoms with Gasteiger partial charge in [-0.05, 0) is 24.0 Å². The van der Waals surface area contributed by atoms with E-state index in [0.29, 0.717) is 18.9 Å². The molecule has 0 N–H and O–H groups in total. The maximum absolute atomic E-state index is 12.5. The Morgan fingerprint density at radius 2 is 2.17 bits per heavy atom. The van der Waals surface area contributed by atoms with E-state index in [1.165, 1.54) is 22.9 Å². The average Bonchev–Trinajstić information content (AvgIpc) is 3.07. The predicted octanol–water partition coefficient (Wildman–Crippen LogP) is 1.99. The van der Waals surface area contributed by atoms with E-state index in [1.807, 2.05) is 15.5 Å². The summed E-state index contributed by atoms with van der Waals surface area (Å²) in [6.45, 7) is 3.00. The number of thioether (sulfide) groups is 1. The van der Waals surface area contributed by atoms with Crippen LogP contribution in [-0.4, -0.2) is 51.6 Å². The fourth-order valence-corrected chi connectivity index (χ4v) is 3.66. The maximum atomic E-state index is 12.5. The highest BCUT2D eigenvalue weighted by atomic mass is 32.2. The van der Waals surface area contributed by atoms with Gasteiger partial charge in [-0.3, -0.25) is 4.79 Å². The van der Waals surface area contributed by atoms with E-state index < -0.39 is 0 Å². The number of nitrogens with zero attached hydrogens (tertiary/aromatic N) is 4. The van der Waals surface area contributed by atoms with Gasteiger partial charge in [0.1, 0.15) is 6.33 Å². The van der Waals surface area contributed by atoms with E-state index in [2.05, 4.69) is 28.4 Å². The van der Waals surface area contributed by atoms with Gasteiger partial charge >= 0.3 is 0 Å². The van der Waals surface area contributed by atoms with Crippen LogP contribution in [0.1, 0.15) is 17.5 Å². The number of hydrogen-bond acceptors (Lipinski definition) is 5. The Bertz CT molecular complexity index is 689. The number of aromatic nitrogens is 3. The summed E-state index contributed by atoms with van der Waals surface area (Å²) in [5, 5.41) is 8.85. The second-order valence-corrected chi connectivity index (χ2v) is 6.72. The summed E-state index contributed by atoms with van der Waals surface area (Å²) in [5.41, 5.74) is 2.61. The van der Waals surface area contributed by atoms with Crippen molar-refractivity contribution >= 4 is 17.7 Å². The van der Waals surface area contributed by atoms with Gasteiger partial charge < -0.3 is 14.2 Å². The van der Waals surface area contributed by atoms with Gasteiger partial charge in [0.15, 0.2) is 5.16 Å². The minimum Gasteiger partial charge on any atom is -0.385 e. The van der Waals surface area contributed by atoms with Crippen LogP contribution < -0.4 is 0 Å². The van der Waals surface area contributed by atoms with E-state index in [4.69, 9.17) is 4.74 Å². The molecule has 0 spiro atoms. The lowest BCUT2D eigenvalue weighted by Crippen LogP contribution is -2.37. The third-order valence-electron chi connectivity index (χ3n) is 4.14. The first-order chi connectivity index (χ1) is 11.8. The highest BCUT2D eigenvalue weighted by Gasteiger charge is 2.21. The number of hydrogen-bond donors (Lipinski definition) is 0. The van der Waals surface area contributed by atoms with E-state index in [1.54, 1.807) is 13.4 Å². The fourth-order valence-electron chi connectivity index (χ4n) is 2.81. The molecule has 0 unspecified atom stereocenters. The molecule has 1 aromatic heterocycles. The molecule has 2 aromatic rings. The Balaban J connectivity index is 1.52. The number of aryl methyl sites for hydroxylation is 1. The van der Waals surface area contributed by atoms with Crippen molar-refractivity contribution in [2.75, 3.05) is 26.0 Å². The van der Waals surface area contributed by atoms with Gasteiger partial charge in [-0.25, -0.2) is 0 Å². The standard InChI is InChI=1S/C17H22N4O2S/c1-23-10-4-8-21-13-18-19-17(21)24-12-16(22)20-9-7-14-5-2-3-6-15(14)11-20/h2-3,5-6,13H,4,7-12H2,1H3. The molecule has 0 saturated heterocycles. The molecular formula is C17H22N4O2S. The number of rotatable bonds is 7. The molecule has 1 aliphatic rings. The Labute approximate surface area is 146 Å². The van der Waals surface area contributed by atoms with Crippen molar-refractivity contribution in [2.24, 2.45) is 0 Å². The summed E-state index contributed by atoms with van der Waals surface area (Å²) in [7, 11) is 1.69. The first-order valence-electron chi connectivity index (χ1n) is 8.12. The number of amides is 1. The minimum absolute atomic E-state index is 0.154. The lowest BCUT2D eigenvalue weighted by molar-refractivity contribution is -0.129. The smallest absolute Gasteiger partial charge is 0.233 e. The lowest BCUT2D eigenvalue weighted by atomic mass is 10.00. The van der Waals surface area contributed by atoms with Gasteiger partial charge in [-0.15, -0.1) is 10.2 Å². The minimum atomic E-state index is 0.154. The number of fused-ring (bicyclic) bond motifs is 1. The number of ether oxygens (including phenoxy) is 1. The van der Waals surface area contributed by atoms with Crippen LogP contribution in [0.4, 0.5) is 0 Å². The molecule has 2 heterocycles. The molecule has 1 aliphatic heterocycles. The number of carbonyl (C=O) groups is 1. The molecule has 1 aromatic carbocycles. The van der Waals surface area contributed by atoms with Crippen molar-refractivity contribution in [1.82, 2.24) is 19.7 Å². The summed E-state index contributed by atoms with van der Waals surface area (Å²) in [6.07, 6.45) is 3.54. The molecule has 24 heavy (non-hydrogen) atoms. The molecule has 6 nitrogen and oxygen atoms in total. The van der Waals surface area contributed by atoms with Gasteiger partial charge in [-0.1, -0.05) is 36.0 Å². The Hall–Kier alpha value is -1.86. The van der Waals surface area contributed by atoms with Crippen LogP contribution in [0.2, 0.25) is 0 Å². The van der Waals surface area contributed by atoms with Gasteiger partial charge in [0.05, 0.1) is 5.75 Å². The third kappa shape index (κ3) is 4.15. The van der Waals surface area contributed by atoms with Crippen molar-refractivity contribution in [2.45, 2.75) is 31.1 Å². The fraction of sp³-hybridized carbons (Fsp3) is 0.471. The molecule has 128 valence electrons. The Morgan fingerprint density at radius 3 is 3.00 bits per heavy atom. The highest BCUT2D eigenvalue weighted by molar-refractivity contribution is 7.99. The van der Waals surface area contributed by atoms with E-state index in [-0.39, 0.29) is 5.91 Å². The first-order valence-corrected chi connectivity index (χ1v) is 9.10. The van der Waals surface area contributed by atoms with Crippen molar-refractivity contribution < 1.29 is 9.53 Å². The molecule has 0 bridgehead atoms. The zero-order valence-corrected chi connectivity index (χ0v) is 14.7. The van der Waals surface area contributed by atoms with Crippen LogP contribution in [0.5, 0.6) is 0 Å². The zero-order valence-electron chi connectivity index (χ0n) is 13.9. The molecule has 0 aliphatic carbocycles. The molecule has 0 radical (unpaired) electrons. The van der Waals surface area contributed by atoms with Crippen molar-refractivity contribution in [3.8, 4) is 0 Å². The van der Waals surface area contributed by atoms with Crippen LogP contribution in [0.25, 0.3) is 0 Å². The van der Waals surface area contributed by atoms with Crippen LogP contribution in [0, 0.1) is 0 Å². The highest BCUT2D eigenvalue weighted by Crippen LogP contribution is 2.21. The lowest BCUT2D eigenvalue weighted by Gasteiger charge is -2.28. The Morgan fingerprint density at radius 1 is 1.33 bits per heavy atom. The van der Waals surface area contributed by atoms with Crippen molar-refractivity contribution in [1.29, 1.82) is 0 Å². The third-order valence-corrected chi connectivity index (χ3v) is 5.10. The Kier molecular flexibility index (Phi) is 5.87. The van der Waals surface area contributed by atoms with Crippen LogP contribution in [0.15, 0.2) is 35.7 Å². The van der Waals surface area contributed by atoms with E-state index >= 15 is 0 Å². The molecule has 0 fully saturated rings. The molecule has 7 heteroatoms. The van der Waals surface area contributed by atoms with Crippen molar-refractivity contribution in [3.63, 3.8) is 0 Å². The maximum Gasteiger partial charge on any atom is 0.233 e. The van der Waals surface area contributed by atoms with Gasteiger partial charge in [-0.2, -0.15) is 0 Å². The van der Waals surface area contributed by atoms with Crippen LogP contribution in [0.3, 0.4) is 0 Å². The largest absolute Gasteiger partial charge is 0.385 e. The molecule has 0 saturated carbocycles. The summed E-state index contributed by atoms with van der Waals surface area (Å²) in [6, 6.07) is 8.34. The first kappa shape index (κ1) is 17.0. The van der Waals surface area contributed by atoms with Crippen LogP contribution >= 0.6 is 11.8 Å². The SMILES string of the molecule is COCCCn1cnnc1SCC(=O)N1CCc2ccccc2C1. The predicted molar refractivity (Wildman–Crippen MR) is 92.8 cm³/mol. The van der Waals surface area contributed by atoms with Crippen LogP contribution in [-0.2, 0) is 29.0 Å². The second-order valence-electron chi connectivity index (χ2n) is 5.78. The molecule has 0 atom stereocenters. The summed E-state index contributed by atoms with van der Waals surface area (Å²) >= 11 is 1.45. The van der Waals surface area contributed by atoms with Crippen molar-refractivity contribution in [3.05, 3.63) is 41.7 Å². The van der Waals surface area contributed by atoms with Gasteiger partial charge in [0.25, 0.3) is 0 Å². The second kappa shape index (κ2) is 8.30. The van der Waals surface area contributed by atoms with Gasteiger partial charge in [0, 0.05) is 33.4 Å². The summed E-state index contributed by atoms with van der Waals surface area (Å²) in [5.74, 6) is 0.548. The summed E-state index contributed by atoms with van der Waals surface area (Å²) in [4.78, 5) is 14.4. The molecule has 3 rings (SSSR count). The zero-order chi connectivity index (χ0) is 16.8. The molecule has 1 amide bonds. The normalized spacial score (nSPS) is 13.8. The number of carbonyl (C=O) groups excluding carboxylic acids is 1.